The number of hydrogen-bond acceptors (Lipinski definition) is 0. The van der Waals surface area contributed by atoms with Crippen molar-refractivity contribution in [3.05, 3.63) is 0 Å². The minimum atomic E-state index is 0.487. The molecule has 0 amide bonds. The van der Waals surface area contributed by atoms with Crippen LogP contribution < -0.4 is 0 Å². The maximum atomic E-state index is 2.49. The first-order chi connectivity index (χ1) is 8.97. The molecule has 0 aromatic heterocycles. The van der Waals surface area contributed by atoms with E-state index in [0.717, 1.165) is 0 Å². The molecule has 0 aromatic rings. The number of hydrogen-bond donors (Lipinski definition) is 0. The predicted octanol–water partition coefficient (Wildman–Crippen LogP) is 5.89. The van der Waals surface area contributed by atoms with Crippen LogP contribution in [0.15, 0.2) is 0 Å². The Morgan fingerprint density at radius 2 is 1.00 bits per heavy atom. The first-order valence-electron chi connectivity index (χ1n) is 8.81. The van der Waals surface area contributed by atoms with Crippen molar-refractivity contribution in [3.63, 3.8) is 0 Å². The standard InChI is InChI=1S/C19H42N/c1-9-10-15-20(8,16-11-13-18(2,3)4)17-12-14-19(5,6)7/h9-17H2,1-8H3/q+1. The molecule has 1 nitrogen and oxygen atoms in total. The lowest BCUT2D eigenvalue weighted by atomic mass is 9.89. The van der Waals surface area contributed by atoms with Gasteiger partial charge in [0.1, 0.15) is 0 Å². The van der Waals surface area contributed by atoms with Crippen molar-refractivity contribution in [1.82, 2.24) is 0 Å². The van der Waals surface area contributed by atoms with Crippen molar-refractivity contribution in [1.29, 1.82) is 0 Å². The van der Waals surface area contributed by atoms with Gasteiger partial charge in [-0.25, -0.2) is 0 Å². The molecule has 0 aliphatic carbocycles. The van der Waals surface area contributed by atoms with Gasteiger partial charge in [-0.1, -0.05) is 54.9 Å². The molecule has 0 fully saturated rings. The Kier molecular flexibility index (Phi) is 8.40. The van der Waals surface area contributed by atoms with Crippen LogP contribution in [0.2, 0.25) is 0 Å². The van der Waals surface area contributed by atoms with Gasteiger partial charge in [-0.15, -0.1) is 0 Å². The van der Waals surface area contributed by atoms with E-state index >= 15 is 0 Å². The average Bonchev–Trinajstić information content (AvgIpc) is 2.23. The van der Waals surface area contributed by atoms with Gasteiger partial charge in [-0.05, 0) is 42.9 Å². The predicted molar refractivity (Wildman–Crippen MR) is 93.1 cm³/mol. The highest BCUT2D eigenvalue weighted by molar-refractivity contribution is 4.63. The van der Waals surface area contributed by atoms with Gasteiger partial charge < -0.3 is 4.48 Å². The van der Waals surface area contributed by atoms with Gasteiger partial charge in [0.2, 0.25) is 0 Å². The second-order valence-electron chi connectivity index (χ2n) is 9.47. The molecule has 0 rings (SSSR count). The Labute approximate surface area is 129 Å². The molecule has 0 aliphatic rings. The summed E-state index contributed by atoms with van der Waals surface area (Å²) in [6, 6.07) is 0. The quantitative estimate of drug-likeness (QED) is 0.463. The smallest absolute Gasteiger partial charge is 0.0784 e. The molecular weight excluding hydrogens is 242 g/mol. The SMILES string of the molecule is CCCC[N+](C)(CCCC(C)(C)C)CCCC(C)(C)C. The maximum Gasteiger partial charge on any atom is 0.0784 e. The van der Waals surface area contributed by atoms with Crippen molar-refractivity contribution < 1.29 is 4.48 Å². The third-order valence-electron chi connectivity index (χ3n) is 4.30. The van der Waals surface area contributed by atoms with Crippen LogP contribution in [0.25, 0.3) is 0 Å². The van der Waals surface area contributed by atoms with Gasteiger partial charge in [0, 0.05) is 0 Å². The highest BCUT2D eigenvalue weighted by Crippen LogP contribution is 2.24. The molecule has 0 unspecified atom stereocenters. The Bertz CT molecular complexity index is 221. The summed E-state index contributed by atoms with van der Waals surface area (Å²) in [6.45, 7) is 20.6. The van der Waals surface area contributed by atoms with Crippen LogP contribution >= 0.6 is 0 Å². The molecule has 1 heteroatoms. The summed E-state index contributed by atoms with van der Waals surface area (Å²) in [4.78, 5) is 0. The average molecular weight is 285 g/mol. The minimum Gasteiger partial charge on any atom is -0.326 e. The molecule has 0 saturated heterocycles. The van der Waals surface area contributed by atoms with Crippen LogP contribution in [0.1, 0.15) is 87.0 Å². The van der Waals surface area contributed by atoms with E-state index in [1.54, 1.807) is 0 Å². The van der Waals surface area contributed by atoms with E-state index in [2.05, 4.69) is 55.5 Å². The molecule has 0 aromatic carbocycles. The van der Waals surface area contributed by atoms with E-state index in [-0.39, 0.29) is 0 Å². The molecule has 0 spiro atoms. The van der Waals surface area contributed by atoms with Crippen LogP contribution in [-0.2, 0) is 0 Å². The Morgan fingerprint density at radius 1 is 0.650 bits per heavy atom. The molecule has 0 aliphatic heterocycles. The largest absolute Gasteiger partial charge is 0.326 e. The molecule has 0 N–H and O–H groups in total. The highest BCUT2D eigenvalue weighted by atomic mass is 15.3. The molecule has 0 heterocycles. The summed E-state index contributed by atoms with van der Waals surface area (Å²) in [5.41, 5.74) is 0.974. The van der Waals surface area contributed by atoms with Crippen molar-refractivity contribution in [2.75, 3.05) is 26.7 Å². The minimum absolute atomic E-state index is 0.487. The monoisotopic (exact) mass is 284 g/mol. The van der Waals surface area contributed by atoms with Gasteiger partial charge in [-0.3, -0.25) is 0 Å². The van der Waals surface area contributed by atoms with Crippen molar-refractivity contribution in [2.24, 2.45) is 10.8 Å². The summed E-state index contributed by atoms with van der Waals surface area (Å²) in [6.07, 6.45) is 8.16. The van der Waals surface area contributed by atoms with E-state index < -0.39 is 0 Å². The molecule has 20 heavy (non-hydrogen) atoms. The lowest BCUT2D eigenvalue weighted by molar-refractivity contribution is -0.910. The molecule has 122 valence electrons. The number of unbranched alkanes of at least 4 members (excludes halogenated alkanes) is 1. The topological polar surface area (TPSA) is 0 Å². The summed E-state index contributed by atoms with van der Waals surface area (Å²) < 4.78 is 1.29. The highest BCUT2D eigenvalue weighted by Gasteiger charge is 2.23. The van der Waals surface area contributed by atoms with E-state index in [0.29, 0.717) is 10.8 Å². The Hall–Kier alpha value is -0.0400. The van der Waals surface area contributed by atoms with Gasteiger partial charge in [0.05, 0.1) is 26.7 Å². The Morgan fingerprint density at radius 3 is 1.30 bits per heavy atom. The van der Waals surface area contributed by atoms with Gasteiger partial charge in [0.25, 0.3) is 0 Å². The fraction of sp³-hybridized carbons (Fsp3) is 1.00. The second-order valence-corrected chi connectivity index (χ2v) is 9.47. The second kappa shape index (κ2) is 8.41. The summed E-state index contributed by atoms with van der Waals surface area (Å²) in [7, 11) is 2.49. The van der Waals surface area contributed by atoms with E-state index in [4.69, 9.17) is 0 Å². The third-order valence-corrected chi connectivity index (χ3v) is 4.30. The molecule has 0 radical (unpaired) electrons. The van der Waals surface area contributed by atoms with Crippen LogP contribution in [0.4, 0.5) is 0 Å². The van der Waals surface area contributed by atoms with Crippen LogP contribution in [0, 0.1) is 10.8 Å². The zero-order valence-electron chi connectivity index (χ0n) is 15.8. The van der Waals surface area contributed by atoms with Crippen molar-refractivity contribution >= 4 is 0 Å². The lowest BCUT2D eigenvalue weighted by Crippen LogP contribution is -2.46. The normalized spacial score (nSPS) is 13.8. The van der Waals surface area contributed by atoms with Gasteiger partial charge in [-0.2, -0.15) is 0 Å². The fourth-order valence-electron chi connectivity index (χ4n) is 2.86. The summed E-state index contributed by atoms with van der Waals surface area (Å²) in [5.74, 6) is 0. The van der Waals surface area contributed by atoms with E-state index in [1.165, 1.54) is 62.6 Å². The maximum absolute atomic E-state index is 2.49. The zero-order valence-corrected chi connectivity index (χ0v) is 15.8. The molecular formula is C19H42N+. The summed E-state index contributed by atoms with van der Waals surface area (Å²) in [5, 5.41) is 0. The molecule has 0 saturated carbocycles. The first-order valence-corrected chi connectivity index (χ1v) is 8.81. The van der Waals surface area contributed by atoms with Crippen LogP contribution in [-0.4, -0.2) is 31.2 Å². The van der Waals surface area contributed by atoms with E-state index in [9.17, 15) is 0 Å². The van der Waals surface area contributed by atoms with Crippen molar-refractivity contribution in [2.45, 2.75) is 87.0 Å². The first kappa shape index (κ1) is 20.0. The summed E-state index contributed by atoms with van der Waals surface area (Å²) >= 11 is 0. The van der Waals surface area contributed by atoms with E-state index in [1.807, 2.05) is 0 Å². The van der Waals surface area contributed by atoms with Gasteiger partial charge in [0.15, 0.2) is 0 Å². The number of rotatable bonds is 9. The Balaban J connectivity index is 4.27. The molecule has 0 bridgehead atoms. The fourth-order valence-corrected chi connectivity index (χ4v) is 2.86. The third kappa shape index (κ3) is 11.8. The van der Waals surface area contributed by atoms with Crippen LogP contribution in [0.5, 0.6) is 0 Å². The van der Waals surface area contributed by atoms with Gasteiger partial charge >= 0.3 is 0 Å². The number of quaternary nitrogens is 1. The van der Waals surface area contributed by atoms with Crippen molar-refractivity contribution in [3.8, 4) is 0 Å². The lowest BCUT2D eigenvalue weighted by Gasteiger charge is -2.36. The molecule has 0 atom stereocenters. The van der Waals surface area contributed by atoms with Crippen LogP contribution in [0.3, 0.4) is 0 Å². The zero-order chi connectivity index (χ0) is 15.9. The number of nitrogens with zero attached hydrogens (tertiary/aromatic N) is 1.